The minimum atomic E-state index is -0.238. The van der Waals surface area contributed by atoms with E-state index in [1.807, 2.05) is 11.6 Å². The second-order valence-electron chi connectivity index (χ2n) is 5.75. The van der Waals surface area contributed by atoms with Gasteiger partial charge in [-0.15, -0.1) is 0 Å². The number of aliphatic hydroxyl groups is 1. The fourth-order valence-electron chi connectivity index (χ4n) is 3.12. The molecular weight excluding hydrogens is 304 g/mol. The molecule has 1 aromatic rings. The zero-order valence-electron chi connectivity index (χ0n) is 12.0. The molecule has 0 radical (unpaired) electrons. The van der Waals surface area contributed by atoms with Gasteiger partial charge in [0.1, 0.15) is 0 Å². The molecule has 1 N–H and O–H groups in total. The molecule has 1 aliphatic carbocycles. The maximum atomic E-state index is 10.3. The highest BCUT2D eigenvalue weighted by molar-refractivity contribution is 9.10. The van der Waals surface area contributed by atoms with Crippen LogP contribution in [0.25, 0.3) is 0 Å². The molecule has 1 saturated carbocycles. The largest absolute Gasteiger partial charge is 0.393 e. The molecule has 1 unspecified atom stereocenters. The van der Waals surface area contributed by atoms with E-state index in [1.165, 1.54) is 32.1 Å². The Hall–Kier alpha value is -0.350. The van der Waals surface area contributed by atoms with Gasteiger partial charge in [0.2, 0.25) is 0 Å². The van der Waals surface area contributed by atoms with Crippen LogP contribution in [0.1, 0.15) is 56.8 Å². The molecule has 0 amide bonds. The molecule has 3 nitrogen and oxygen atoms in total. The first-order valence-electron chi connectivity index (χ1n) is 7.51. The summed E-state index contributed by atoms with van der Waals surface area (Å²) >= 11 is 3.59. The van der Waals surface area contributed by atoms with Gasteiger partial charge in [-0.1, -0.05) is 25.7 Å². The van der Waals surface area contributed by atoms with Crippen molar-refractivity contribution in [2.45, 2.75) is 71.4 Å². The molecule has 1 atom stereocenters. The van der Waals surface area contributed by atoms with Crippen LogP contribution in [-0.4, -0.2) is 21.0 Å². The summed E-state index contributed by atoms with van der Waals surface area (Å²) in [5.74, 6) is 0.857. The van der Waals surface area contributed by atoms with Crippen molar-refractivity contribution in [3.05, 3.63) is 15.9 Å². The molecule has 2 rings (SSSR count). The fraction of sp³-hybridized carbons (Fsp3) is 0.800. The molecule has 0 bridgehead atoms. The van der Waals surface area contributed by atoms with Gasteiger partial charge in [0.05, 0.1) is 22.0 Å². The smallest absolute Gasteiger partial charge is 0.0738 e. The first kappa shape index (κ1) is 15.0. The predicted octanol–water partition coefficient (Wildman–Crippen LogP) is 3.85. The lowest BCUT2D eigenvalue weighted by Crippen LogP contribution is -2.15. The fourth-order valence-corrected chi connectivity index (χ4v) is 3.56. The summed E-state index contributed by atoms with van der Waals surface area (Å²) in [6, 6.07) is 0. The van der Waals surface area contributed by atoms with E-state index in [2.05, 4.69) is 28.0 Å². The van der Waals surface area contributed by atoms with Crippen LogP contribution < -0.4 is 0 Å². The average Bonchev–Trinajstić information content (AvgIpc) is 3.00. The van der Waals surface area contributed by atoms with Crippen LogP contribution >= 0.6 is 15.9 Å². The molecule has 1 aromatic heterocycles. The third-order valence-corrected chi connectivity index (χ3v) is 5.30. The molecular formula is C15H25BrN2O. The van der Waals surface area contributed by atoms with Crippen LogP contribution in [0.2, 0.25) is 0 Å². The third kappa shape index (κ3) is 3.82. The van der Waals surface area contributed by atoms with Crippen molar-refractivity contribution in [1.29, 1.82) is 0 Å². The maximum Gasteiger partial charge on any atom is 0.0738 e. The number of aliphatic hydroxyl groups excluding tert-OH is 1. The van der Waals surface area contributed by atoms with Gasteiger partial charge in [-0.25, -0.2) is 0 Å². The van der Waals surface area contributed by atoms with E-state index in [4.69, 9.17) is 0 Å². The number of aryl methyl sites for hydroxylation is 2. The minimum absolute atomic E-state index is 0.238. The summed E-state index contributed by atoms with van der Waals surface area (Å²) in [6.07, 6.45) is 8.07. The highest BCUT2D eigenvalue weighted by Crippen LogP contribution is 2.30. The van der Waals surface area contributed by atoms with Gasteiger partial charge in [0, 0.05) is 13.0 Å². The van der Waals surface area contributed by atoms with Crippen molar-refractivity contribution < 1.29 is 5.11 Å². The monoisotopic (exact) mass is 328 g/mol. The molecule has 0 aliphatic heterocycles. The van der Waals surface area contributed by atoms with E-state index in [-0.39, 0.29) is 6.10 Å². The Morgan fingerprint density at radius 1 is 1.42 bits per heavy atom. The summed E-state index contributed by atoms with van der Waals surface area (Å²) in [5.41, 5.74) is 2.15. The Kier molecular flexibility index (Phi) is 5.46. The van der Waals surface area contributed by atoms with E-state index in [0.717, 1.165) is 34.7 Å². The van der Waals surface area contributed by atoms with Crippen LogP contribution in [0.3, 0.4) is 0 Å². The van der Waals surface area contributed by atoms with Crippen molar-refractivity contribution >= 4 is 15.9 Å². The van der Waals surface area contributed by atoms with Crippen molar-refractivity contribution in [2.24, 2.45) is 5.92 Å². The molecule has 1 aliphatic rings. The lowest BCUT2D eigenvalue weighted by Gasteiger charge is -2.14. The van der Waals surface area contributed by atoms with Crippen LogP contribution in [0, 0.1) is 12.8 Å². The summed E-state index contributed by atoms with van der Waals surface area (Å²) in [5, 5.41) is 14.7. The zero-order chi connectivity index (χ0) is 13.8. The van der Waals surface area contributed by atoms with Crippen LogP contribution in [0.5, 0.6) is 0 Å². The van der Waals surface area contributed by atoms with Gasteiger partial charge in [-0.2, -0.15) is 5.10 Å². The van der Waals surface area contributed by atoms with Crippen LogP contribution in [0.15, 0.2) is 4.47 Å². The lowest BCUT2D eigenvalue weighted by molar-refractivity contribution is 0.152. The van der Waals surface area contributed by atoms with E-state index in [9.17, 15) is 5.11 Å². The lowest BCUT2D eigenvalue weighted by atomic mass is 9.98. The van der Waals surface area contributed by atoms with Gasteiger partial charge in [0.15, 0.2) is 0 Å². The van der Waals surface area contributed by atoms with E-state index >= 15 is 0 Å². The summed E-state index contributed by atoms with van der Waals surface area (Å²) in [4.78, 5) is 0. The first-order chi connectivity index (χ1) is 9.11. The summed E-state index contributed by atoms with van der Waals surface area (Å²) in [6.45, 7) is 4.95. The molecule has 0 aromatic carbocycles. The molecule has 108 valence electrons. The Bertz CT molecular complexity index is 411. The van der Waals surface area contributed by atoms with E-state index < -0.39 is 0 Å². The van der Waals surface area contributed by atoms with Crippen LogP contribution in [0.4, 0.5) is 0 Å². The topological polar surface area (TPSA) is 38.0 Å². The average molecular weight is 329 g/mol. The van der Waals surface area contributed by atoms with Crippen molar-refractivity contribution in [3.8, 4) is 0 Å². The van der Waals surface area contributed by atoms with Gasteiger partial charge in [0.25, 0.3) is 0 Å². The van der Waals surface area contributed by atoms with Gasteiger partial charge in [-0.3, -0.25) is 4.68 Å². The Morgan fingerprint density at radius 2 is 2.11 bits per heavy atom. The second kappa shape index (κ2) is 6.89. The first-order valence-corrected chi connectivity index (χ1v) is 8.31. The summed E-state index contributed by atoms with van der Waals surface area (Å²) in [7, 11) is 0. The molecule has 0 saturated heterocycles. The molecule has 1 fully saturated rings. The SMILES string of the molecule is CCn1nc(C)c(Br)c1CC(O)CCC1CCCC1. The molecule has 1 heterocycles. The molecule has 4 heteroatoms. The van der Waals surface area contributed by atoms with E-state index in [0.29, 0.717) is 6.42 Å². The number of rotatable bonds is 6. The maximum absolute atomic E-state index is 10.3. The van der Waals surface area contributed by atoms with E-state index in [1.54, 1.807) is 0 Å². The number of hydrogen-bond acceptors (Lipinski definition) is 2. The normalized spacial score (nSPS) is 18.1. The second-order valence-corrected chi connectivity index (χ2v) is 6.54. The zero-order valence-corrected chi connectivity index (χ0v) is 13.6. The van der Waals surface area contributed by atoms with Gasteiger partial charge in [-0.05, 0) is 48.5 Å². The third-order valence-electron chi connectivity index (χ3n) is 4.26. The standard InChI is InChI=1S/C15H25BrN2O/c1-3-18-14(15(16)11(2)17-18)10-13(19)9-8-12-6-4-5-7-12/h12-13,19H,3-10H2,1-2H3. The van der Waals surface area contributed by atoms with Gasteiger partial charge < -0.3 is 5.11 Å². The van der Waals surface area contributed by atoms with Crippen molar-refractivity contribution in [2.75, 3.05) is 0 Å². The Labute approximate surface area is 124 Å². The number of halogens is 1. The predicted molar refractivity (Wildman–Crippen MR) is 81.2 cm³/mol. The highest BCUT2D eigenvalue weighted by atomic mass is 79.9. The molecule has 19 heavy (non-hydrogen) atoms. The Balaban J connectivity index is 1.88. The minimum Gasteiger partial charge on any atom is -0.393 e. The Morgan fingerprint density at radius 3 is 2.74 bits per heavy atom. The number of hydrogen-bond donors (Lipinski definition) is 1. The van der Waals surface area contributed by atoms with Crippen LogP contribution in [-0.2, 0) is 13.0 Å². The van der Waals surface area contributed by atoms with Crippen molar-refractivity contribution in [1.82, 2.24) is 9.78 Å². The quantitative estimate of drug-likeness (QED) is 0.861. The number of nitrogens with zero attached hydrogens (tertiary/aromatic N) is 2. The van der Waals surface area contributed by atoms with Gasteiger partial charge >= 0.3 is 0 Å². The molecule has 0 spiro atoms. The highest BCUT2D eigenvalue weighted by Gasteiger charge is 2.19. The van der Waals surface area contributed by atoms with Crippen molar-refractivity contribution in [3.63, 3.8) is 0 Å². The number of aromatic nitrogens is 2. The summed E-state index contributed by atoms with van der Waals surface area (Å²) < 4.78 is 3.06.